The second-order valence-corrected chi connectivity index (χ2v) is 6.89. The van der Waals surface area contributed by atoms with Crippen LogP contribution in [0.25, 0.3) is 0 Å². The molecular formula is C18H27N5O. The van der Waals surface area contributed by atoms with E-state index in [4.69, 9.17) is 0 Å². The third kappa shape index (κ3) is 4.24. The molecule has 0 aliphatic carbocycles. The predicted octanol–water partition coefficient (Wildman–Crippen LogP) is 2.48. The summed E-state index contributed by atoms with van der Waals surface area (Å²) in [6.45, 7) is 6.65. The van der Waals surface area contributed by atoms with Gasteiger partial charge in [-0.25, -0.2) is 0 Å². The second kappa shape index (κ2) is 7.64. The van der Waals surface area contributed by atoms with Crippen LogP contribution in [0.3, 0.4) is 0 Å². The van der Waals surface area contributed by atoms with E-state index in [1.54, 1.807) is 6.20 Å². The topological polar surface area (TPSA) is 66.8 Å². The Balaban J connectivity index is 1.45. The van der Waals surface area contributed by atoms with Crippen LogP contribution in [0.4, 0.5) is 0 Å². The van der Waals surface area contributed by atoms with E-state index >= 15 is 0 Å². The Kier molecular flexibility index (Phi) is 5.33. The molecule has 3 heterocycles. The quantitative estimate of drug-likeness (QED) is 0.885. The molecule has 0 saturated carbocycles. The van der Waals surface area contributed by atoms with Crippen molar-refractivity contribution in [2.45, 2.75) is 52.5 Å². The lowest BCUT2D eigenvalue weighted by Gasteiger charge is -2.32. The summed E-state index contributed by atoms with van der Waals surface area (Å²) in [5.41, 5.74) is 3.37. The van der Waals surface area contributed by atoms with Crippen molar-refractivity contribution < 1.29 is 4.79 Å². The van der Waals surface area contributed by atoms with Crippen molar-refractivity contribution >= 4 is 5.91 Å². The van der Waals surface area contributed by atoms with E-state index in [0.717, 1.165) is 50.3 Å². The SMILES string of the molecule is Cc1cc(C)n(CCCC(=O)N2CCC[C@@H](Cc3ccn[nH]3)C2)n1. The van der Waals surface area contributed by atoms with Gasteiger partial charge in [-0.2, -0.15) is 10.2 Å². The number of carbonyl (C=O) groups excluding carboxylic acids is 1. The third-order valence-corrected chi connectivity index (χ3v) is 4.80. The summed E-state index contributed by atoms with van der Waals surface area (Å²) in [5, 5.41) is 11.5. The Bertz CT molecular complexity index is 661. The smallest absolute Gasteiger partial charge is 0.222 e. The van der Waals surface area contributed by atoms with Gasteiger partial charge < -0.3 is 4.90 Å². The first-order valence-corrected chi connectivity index (χ1v) is 8.89. The van der Waals surface area contributed by atoms with Crippen molar-refractivity contribution in [3.05, 3.63) is 35.4 Å². The Labute approximate surface area is 143 Å². The fraction of sp³-hybridized carbons (Fsp3) is 0.611. The number of rotatable bonds is 6. The van der Waals surface area contributed by atoms with Crippen LogP contribution in [0, 0.1) is 19.8 Å². The van der Waals surface area contributed by atoms with Gasteiger partial charge in [0.1, 0.15) is 0 Å². The van der Waals surface area contributed by atoms with Gasteiger partial charge in [0.25, 0.3) is 0 Å². The van der Waals surface area contributed by atoms with Crippen LogP contribution < -0.4 is 0 Å². The molecule has 130 valence electrons. The van der Waals surface area contributed by atoms with Crippen LogP contribution >= 0.6 is 0 Å². The summed E-state index contributed by atoms with van der Waals surface area (Å²) >= 11 is 0. The summed E-state index contributed by atoms with van der Waals surface area (Å²) in [6.07, 6.45) is 6.52. The molecule has 24 heavy (non-hydrogen) atoms. The zero-order valence-corrected chi connectivity index (χ0v) is 14.7. The van der Waals surface area contributed by atoms with Gasteiger partial charge in [-0.1, -0.05) is 0 Å². The van der Waals surface area contributed by atoms with Crippen molar-refractivity contribution in [1.29, 1.82) is 0 Å². The molecule has 1 N–H and O–H groups in total. The van der Waals surface area contributed by atoms with E-state index in [9.17, 15) is 4.79 Å². The molecule has 3 rings (SSSR count). The Morgan fingerprint density at radius 3 is 3.00 bits per heavy atom. The van der Waals surface area contributed by atoms with Crippen molar-refractivity contribution in [2.75, 3.05) is 13.1 Å². The number of amides is 1. The van der Waals surface area contributed by atoms with Gasteiger partial charge in [0.05, 0.1) is 5.69 Å². The standard InChI is InChI=1S/C18H27N5O/c1-14-11-15(2)23(21-14)10-4-6-18(24)22-9-3-5-16(13-22)12-17-7-8-19-20-17/h7-8,11,16H,3-6,9-10,12-13H2,1-2H3,(H,19,20)/t16-/m0/s1. The molecule has 6 nitrogen and oxygen atoms in total. The highest BCUT2D eigenvalue weighted by Crippen LogP contribution is 2.21. The molecule has 1 saturated heterocycles. The summed E-state index contributed by atoms with van der Waals surface area (Å²) in [5.74, 6) is 0.824. The molecule has 0 unspecified atom stereocenters. The van der Waals surface area contributed by atoms with E-state index in [1.165, 1.54) is 12.1 Å². The van der Waals surface area contributed by atoms with E-state index in [1.807, 2.05) is 22.6 Å². The molecule has 0 bridgehead atoms. The maximum atomic E-state index is 12.5. The molecule has 1 fully saturated rings. The van der Waals surface area contributed by atoms with Gasteiger partial charge in [-0.05, 0) is 57.6 Å². The highest BCUT2D eigenvalue weighted by molar-refractivity contribution is 5.76. The van der Waals surface area contributed by atoms with Crippen molar-refractivity contribution in [3.8, 4) is 0 Å². The van der Waals surface area contributed by atoms with Gasteiger partial charge in [0.2, 0.25) is 5.91 Å². The molecule has 0 radical (unpaired) electrons. The normalized spacial score (nSPS) is 18.1. The Morgan fingerprint density at radius 1 is 1.42 bits per heavy atom. The minimum atomic E-state index is 0.283. The maximum Gasteiger partial charge on any atom is 0.222 e. The summed E-state index contributed by atoms with van der Waals surface area (Å²) in [7, 11) is 0. The lowest BCUT2D eigenvalue weighted by Crippen LogP contribution is -2.40. The first-order valence-electron chi connectivity index (χ1n) is 8.89. The number of carbonyl (C=O) groups is 1. The summed E-state index contributed by atoms with van der Waals surface area (Å²) < 4.78 is 2.00. The maximum absolute atomic E-state index is 12.5. The monoisotopic (exact) mass is 329 g/mol. The minimum Gasteiger partial charge on any atom is -0.342 e. The summed E-state index contributed by atoms with van der Waals surface area (Å²) in [6, 6.07) is 4.10. The fourth-order valence-electron chi connectivity index (χ4n) is 3.61. The largest absolute Gasteiger partial charge is 0.342 e. The van der Waals surface area contributed by atoms with Crippen LogP contribution in [-0.2, 0) is 17.8 Å². The van der Waals surface area contributed by atoms with Gasteiger partial charge in [0, 0.05) is 43.6 Å². The number of hydrogen-bond donors (Lipinski definition) is 1. The predicted molar refractivity (Wildman–Crippen MR) is 92.5 cm³/mol. The number of nitrogens with one attached hydrogen (secondary N) is 1. The third-order valence-electron chi connectivity index (χ3n) is 4.80. The van der Waals surface area contributed by atoms with Gasteiger partial charge in [-0.3, -0.25) is 14.6 Å². The molecule has 1 aliphatic rings. The lowest BCUT2D eigenvalue weighted by atomic mass is 9.93. The number of piperidine rings is 1. The molecule has 2 aromatic heterocycles. The molecule has 1 aliphatic heterocycles. The average Bonchev–Trinajstić information content (AvgIpc) is 3.17. The van der Waals surface area contributed by atoms with Gasteiger partial charge >= 0.3 is 0 Å². The molecular weight excluding hydrogens is 302 g/mol. The average molecular weight is 329 g/mol. The number of H-pyrrole nitrogens is 1. The summed E-state index contributed by atoms with van der Waals surface area (Å²) in [4.78, 5) is 14.5. The molecule has 0 spiro atoms. The highest BCUT2D eigenvalue weighted by Gasteiger charge is 2.23. The number of aromatic nitrogens is 4. The van der Waals surface area contributed by atoms with E-state index in [-0.39, 0.29) is 5.91 Å². The van der Waals surface area contributed by atoms with Crippen LogP contribution in [-0.4, -0.2) is 43.9 Å². The number of aryl methyl sites for hydroxylation is 3. The van der Waals surface area contributed by atoms with E-state index in [0.29, 0.717) is 12.3 Å². The first-order chi connectivity index (χ1) is 11.6. The van der Waals surface area contributed by atoms with Crippen LogP contribution in [0.5, 0.6) is 0 Å². The Morgan fingerprint density at radius 2 is 2.29 bits per heavy atom. The molecule has 1 atom stereocenters. The fourth-order valence-corrected chi connectivity index (χ4v) is 3.61. The minimum absolute atomic E-state index is 0.283. The zero-order chi connectivity index (χ0) is 16.9. The number of hydrogen-bond acceptors (Lipinski definition) is 3. The van der Waals surface area contributed by atoms with Crippen molar-refractivity contribution in [2.24, 2.45) is 5.92 Å². The van der Waals surface area contributed by atoms with Crippen LogP contribution in [0.2, 0.25) is 0 Å². The van der Waals surface area contributed by atoms with E-state index < -0.39 is 0 Å². The molecule has 0 aromatic carbocycles. The molecule has 1 amide bonds. The van der Waals surface area contributed by atoms with Crippen molar-refractivity contribution in [3.63, 3.8) is 0 Å². The van der Waals surface area contributed by atoms with Crippen molar-refractivity contribution in [1.82, 2.24) is 24.9 Å². The molecule has 2 aromatic rings. The first kappa shape index (κ1) is 16.7. The lowest BCUT2D eigenvalue weighted by molar-refractivity contribution is -0.133. The van der Waals surface area contributed by atoms with Crippen LogP contribution in [0.1, 0.15) is 42.8 Å². The number of nitrogens with zero attached hydrogens (tertiary/aromatic N) is 4. The van der Waals surface area contributed by atoms with Gasteiger partial charge in [0.15, 0.2) is 0 Å². The number of likely N-dealkylation sites (tertiary alicyclic amines) is 1. The van der Waals surface area contributed by atoms with Crippen LogP contribution in [0.15, 0.2) is 18.3 Å². The van der Waals surface area contributed by atoms with E-state index in [2.05, 4.69) is 28.3 Å². The molecule has 6 heteroatoms. The second-order valence-electron chi connectivity index (χ2n) is 6.89. The highest BCUT2D eigenvalue weighted by atomic mass is 16.2. The van der Waals surface area contributed by atoms with Gasteiger partial charge in [-0.15, -0.1) is 0 Å². The number of aromatic amines is 1. The Hall–Kier alpha value is -2.11. The zero-order valence-electron chi connectivity index (χ0n) is 14.7.